The fraction of sp³-hybridized carbons (Fsp3) is 0.154. The van der Waals surface area contributed by atoms with E-state index in [9.17, 15) is 9.59 Å². The number of hydrogen-bond acceptors (Lipinski definition) is 5. The maximum absolute atomic E-state index is 13.7. The van der Waals surface area contributed by atoms with Crippen LogP contribution in [-0.2, 0) is 9.59 Å². The van der Waals surface area contributed by atoms with E-state index in [-0.39, 0.29) is 11.3 Å². The van der Waals surface area contributed by atoms with Gasteiger partial charge in [0.15, 0.2) is 0 Å². The Balaban J connectivity index is 1.86. The lowest BCUT2D eigenvalue weighted by atomic mass is 10.0. The molecule has 1 heterocycles. The molecule has 0 aromatic heterocycles. The highest BCUT2D eigenvalue weighted by Crippen LogP contribution is 2.37. The van der Waals surface area contributed by atoms with E-state index in [0.717, 1.165) is 16.0 Å². The van der Waals surface area contributed by atoms with Crippen LogP contribution in [-0.4, -0.2) is 26.0 Å². The number of benzene rings is 3. The zero-order valence-corrected chi connectivity index (χ0v) is 19.5. The summed E-state index contributed by atoms with van der Waals surface area (Å²) in [7, 11) is 3.02. The zero-order chi connectivity index (χ0) is 23.7. The summed E-state index contributed by atoms with van der Waals surface area (Å²) in [5.41, 5.74) is 4.03. The van der Waals surface area contributed by atoms with Crippen molar-refractivity contribution in [1.29, 1.82) is 0 Å². The molecule has 0 aliphatic carbocycles. The van der Waals surface area contributed by atoms with Gasteiger partial charge in [0.1, 0.15) is 17.2 Å². The van der Waals surface area contributed by atoms with Crippen LogP contribution in [0.15, 0.2) is 66.4 Å². The molecule has 3 aromatic carbocycles. The van der Waals surface area contributed by atoms with Crippen LogP contribution in [0.5, 0.6) is 11.5 Å². The van der Waals surface area contributed by atoms with Crippen molar-refractivity contribution in [3.05, 3.63) is 88.1 Å². The summed E-state index contributed by atoms with van der Waals surface area (Å²) >= 11 is 6.18. The van der Waals surface area contributed by atoms with Gasteiger partial charge in [-0.15, -0.1) is 0 Å². The molecule has 0 radical (unpaired) electrons. The van der Waals surface area contributed by atoms with Gasteiger partial charge < -0.3 is 14.8 Å². The second kappa shape index (κ2) is 9.00. The van der Waals surface area contributed by atoms with E-state index in [0.29, 0.717) is 33.5 Å². The lowest BCUT2D eigenvalue weighted by Crippen LogP contribution is -2.32. The number of methoxy groups -OCH3 is 2. The molecule has 4 rings (SSSR count). The highest BCUT2D eigenvalue weighted by molar-refractivity contribution is 6.46. The van der Waals surface area contributed by atoms with Gasteiger partial charge in [-0.1, -0.05) is 47.5 Å². The van der Waals surface area contributed by atoms with E-state index in [1.807, 2.05) is 44.2 Å². The highest BCUT2D eigenvalue weighted by atomic mass is 35.5. The Kier molecular flexibility index (Phi) is 6.11. The van der Waals surface area contributed by atoms with Crippen LogP contribution < -0.4 is 19.7 Å². The van der Waals surface area contributed by atoms with E-state index in [1.165, 1.54) is 14.2 Å². The molecular formula is C26H23ClN2O4. The molecule has 33 heavy (non-hydrogen) atoms. The Morgan fingerprint density at radius 1 is 0.818 bits per heavy atom. The topological polar surface area (TPSA) is 67.9 Å². The van der Waals surface area contributed by atoms with Gasteiger partial charge in [-0.05, 0) is 37.1 Å². The largest absolute Gasteiger partial charge is 0.497 e. The number of amides is 2. The van der Waals surface area contributed by atoms with Gasteiger partial charge in [-0.3, -0.25) is 9.59 Å². The van der Waals surface area contributed by atoms with Gasteiger partial charge in [0.25, 0.3) is 11.8 Å². The number of ether oxygens (including phenoxy) is 2. The molecule has 1 aliphatic rings. The predicted molar refractivity (Wildman–Crippen MR) is 130 cm³/mol. The van der Waals surface area contributed by atoms with E-state index < -0.39 is 11.8 Å². The van der Waals surface area contributed by atoms with E-state index in [2.05, 4.69) is 5.32 Å². The number of aryl methyl sites for hydroxylation is 2. The van der Waals surface area contributed by atoms with Gasteiger partial charge >= 0.3 is 0 Å². The third-order valence-corrected chi connectivity index (χ3v) is 5.71. The summed E-state index contributed by atoms with van der Waals surface area (Å²) in [6, 6.07) is 17.7. The number of nitrogens with one attached hydrogen (secondary N) is 1. The quantitative estimate of drug-likeness (QED) is 0.499. The third kappa shape index (κ3) is 4.30. The van der Waals surface area contributed by atoms with Crippen LogP contribution in [0.25, 0.3) is 5.57 Å². The van der Waals surface area contributed by atoms with E-state index in [4.69, 9.17) is 21.1 Å². The van der Waals surface area contributed by atoms with Crippen molar-refractivity contribution in [3.8, 4) is 11.5 Å². The summed E-state index contributed by atoms with van der Waals surface area (Å²) in [6.45, 7) is 3.86. The standard InChI is InChI=1S/C26H23ClN2O4/c1-15-5-8-17(9-6-15)23-24(28-22-11-18(27)10-7-16(22)2)26(31)29(25(23)30)19-12-20(32-3)14-21(13-19)33-4/h5-14,28H,1-4H3. The molecule has 6 nitrogen and oxygen atoms in total. The molecule has 0 bridgehead atoms. The Morgan fingerprint density at radius 2 is 1.45 bits per heavy atom. The molecule has 0 fully saturated rings. The summed E-state index contributed by atoms with van der Waals surface area (Å²) in [5.74, 6) is 0.00876. The fourth-order valence-corrected chi connectivity index (χ4v) is 3.83. The average Bonchev–Trinajstić information content (AvgIpc) is 3.05. The molecule has 0 atom stereocenters. The number of hydrogen-bond donors (Lipinski definition) is 1. The summed E-state index contributed by atoms with van der Waals surface area (Å²) in [5, 5.41) is 3.69. The number of rotatable bonds is 6. The fourth-order valence-electron chi connectivity index (χ4n) is 3.65. The van der Waals surface area contributed by atoms with Crippen LogP contribution in [0.3, 0.4) is 0 Å². The SMILES string of the molecule is COc1cc(OC)cc(N2C(=O)C(Nc3cc(Cl)ccc3C)=C(c3ccc(C)cc3)C2=O)c1. The first kappa shape index (κ1) is 22.4. The zero-order valence-electron chi connectivity index (χ0n) is 18.7. The molecule has 0 saturated heterocycles. The van der Waals surface area contributed by atoms with Gasteiger partial charge in [-0.25, -0.2) is 4.90 Å². The van der Waals surface area contributed by atoms with Crippen molar-refractivity contribution in [2.45, 2.75) is 13.8 Å². The first-order valence-corrected chi connectivity index (χ1v) is 10.7. The van der Waals surface area contributed by atoms with Gasteiger partial charge in [0, 0.05) is 28.9 Å². The Bertz CT molecular complexity index is 1260. The monoisotopic (exact) mass is 462 g/mol. The molecular weight excluding hydrogens is 440 g/mol. The van der Waals surface area contributed by atoms with Gasteiger partial charge in [0.2, 0.25) is 0 Å². The molecule has 1 aliphatic heterocycles. The lowest BCUT2D eigenvalue weighted by molar-refractivity contribution is -0.120. The van der Waals surface area contributed by atoms with Crippen LogP contribution in [0, 0.1) is 13.8 Å². The summed E-state index contributed by atoms with van der Waals surface area (Å²) < 4.78 is 10.7. The minimum absolute atomic E-state index is 0.177. The van der Waals surface area contributed by atoms with Crippen molar-refractivity contribution >= 4 is 40.4 Å². The van der Waals surface area contributed by atoms with E-state index in [1.54, 1.807) is 30.3 Å². The Hall–Kier alpha value is -3.77. The molecule has 0 saturated carbocycles. The van der Waals surface area contributed by atoms with Crippen LogP contribution >= 0.6 is 11.6 Å². The maximum Gasteiger partial charge on any atom is 0.282 e. The number of imide groups is 1. The van der Waals surface area contributed by atoms with Crippen molar-refractivity contribution < 1.29 is 19.1 Å². The predicted octanol–water partition coefficient (Wildman–Crippen LogP) is 5.37. The third-order valence-electron chi connectivity index (χ3n) is 5.48. The molecule has 2 amide bonds. The highest BCUT2D eigenvalue weighted by Gasteiger charge is 2.40. The number of nitrogens with zero attached hydrogens (tertiary/aromatic N) is 1. The van der Waals surface area contributed by atoms with Crippen molar-refractivity contribution in [2.75, 3.05) is 24.4 Å². The molecule has 0 unspecified atom stereocenters. The molecule has 168 valence electrons. The minimum atomic E-state index is -0.481. The van der Waals surface area contributed by atoms with Crippen molar-refractivity contribution in [1.82, 2.24) is 0 Å². The molecule has 7 heteroatoms. The smallest absolute Gasteiger partial charge is 0.282 e. The van der Waals surface area contributed by atoms with E-state index >= 15 is 0 Å². The Morgan fingerprint density at radius 3 is 2.06 bits per heavy atom. The first-order valence-electron chi connectivity index (χ1n) is 10.3. The Labute approximate surface area is 197 Å². The summed E-state index contributed by atoms with van der Waals surface area (Å²) in [6.07, 6.45) is 0. The number of carbonyl (C=O) groups excluding carboxylic acids is 2. The number of halogens is 1. The van der Waals surface area contributed by atoms with Crippen LogP contribution in [0.1, 0.15) is 16.7 Å². The average molecular weight is 463 g/mol. The maximum atomic E-state index is 13.7. The van der Waals surface area contributed by atoms with Crippen molar-refractivity contribution in [3.63, 3.8) is 0 Å². The van der Waals surface area contributed by atoms with Crippen molar-refractivity contribution in [2.24, 2.45) is 0 Å². The first-order chi connectivity index (χ1) is 15.8. The lowest BCUT2D eigenvalue weighted by Gasteiger charge is -2.18. The molecule has 3 aromatic rings. The second-order valence-corrected chi connectivity index (χ2v) is 8.15. The normalized spacial score (nSPS) is 13.5. The summed E-state index contributed by atoms with van der Waals surface area (Å²) in [4.78, 5) is 28.4. The molecule has 1 N–H and O–H groups in total. The van der Waals surface area contributed by atoms with Crippen LogP contribution in [0.2, 0.25) is 5.02 Å². The number of carbonyl (C=O) groups is 2. The second-order valence-electron chi connectivity index (χ2n) is 7.72. The molecule has 0 spiro atoms. The van der Waals surface area contributed by atoms with Gasteiger partial charge in [-0.2, -0.15) is 0 Å². The van der Waals surface area contributed by atoms with Crippen LogP contribution in [0.4, 0.5) is 11.4 Å². The van der Waals surface area contributed by atoms with Gasteiger partial charge in [0.05, 0.1) is 25.5 Å². The minimum Gasteiger partial charge on any atom is -0.497 e. The number of anilines is 2.